The predicted molar refractivity (Wildman–Crippen MR) is 89.3 cm³/mol. The molecule has 0 saturated carbocycles. The van der Waals surface area contributed by atoms with Gasteiger partial charge >= 0.3 is 0 Å². The Morgan fingerprint density at radius 2 is 2.04 bits per heavy atom. The number of rotatable bonds is 4. The molecule has 0 unspecified atom stereocenters. The molecule has 1 amide bonds. The number of aromatic nitrogens is 3. The minimum absolute atomic E-state index is 0.103. The molecule has 1 atom stereocenters. The number of aryl methyl sites for hydroxylation is 1. The van der Waals surface area contributed by atoms with Crippen molar-refractivity contribution in [1.29, 1.82) is 0 Å². The van der Waals surface area contributed by atoms with Crippen molar-refractivity contribution in [3.05, 3.63) is 11.6 Å². The van der Waals surface area contributed by atoms with Gasteiger partial charge in [-0.25, -0.2) is 0 Å². The van der Waals surface area contributed by atoms with Crippen molar-refractivity contribution < 1.29 is 4.79 Å². The van der Waals surface area contributed by atoms with E-state index in [0.717, 1.165) is 31.6 Å². The second-order valence-electron chi connectivity index (χ2n) is 7.50. The lowest BCUT2D eigenvalue weighted by Crippen LogP contribution is -2.33. The Hall–Kier alpha value is -1.43. The molecule has 1 N–H and O–H groups in total. The highest BCUT2D eigenvalue weighted by Crippen LogP contribution is 2.40. The van der Waals surface area contributed by atoms with E-state index < -0.39 is 0 Å². The van der Waals surface area contributed by atoms with E-state index in [9.17, 15) is 4.79 Å². The number of nitrogens with zero attached hydrogens (tertiary/aromatic N) is 4. The van der Waals surface area contributed by atoms with Crippen LogP contribution in [-0.4, -0.2) is 51.2 Å². The van der Waals surface area contributed by atoms with Crippen LogP contribution in [0.1, 0.15) is 62.9 Å². The number of carbonyl (C=O) groups is 1. The van der Waals surface area contributed by atoms with Crippen LogP contribution in [0.2, 0.25) is 0 Å². The largest absolute Gasteiger partial charge is 0.347 e. The minimum atomic E-state index is -0.103. The molecular formula is C17H29N5O. The van der Waals surface area contributed by atoms with Crippen LogP contribution in [0.3, 0.4) is 0 Å². The fourth-order valence-electron chi connectivity index (χ4n) is 4.04. The summed E-state index contributed by atoms with van der Waals surface area (Å²) in [6.07, 6.45) is 5.72. The van der Waals surface area contributed by atoms with Gasteiger partial charge in [-0.1, -0.05) is 6.92 Å². The summed E-state index contributed by atoms with van der Waals surface area (Å²) < 4.78 is 2.05. The molecule has 1 aromatic heterocycles. The average molecular weight is 319 g/mol. The molecule has 1 saturated heterocycles. The zero-order valence-corrected chi connectivity index (χ0v) is 14.6. The molecule has 6 nitrogen and oxygen atoms in total. The van der Waals surface area contributed by atoms with E-state index in [2.05, 4.69) is 31.9 Å². The third-order valence-corrected chi connectivity index (χ3v) is 5.25. The molecule has 1 spiro atoms. The Balaban J connectivity index is 1.72. The van der Waals surface area contributed by atoms with E-state index in [1.165, 1.54) is 32.5 Å². The Kier molecular flexibility index (Phi) is 4.71. The van der Waals surface area contributed by atoms with E-state index in [1.54, 1.807) is 0 Å². The van der Waals surface area contributed by atoms with Crippen LogP contribution in [0.4, 0.5) is 0 Å². The topological polar surface area (TPSA) is 63.1 Å². The second-order valence-corrected chi connectivity index (χ2v) is 7.50. The first-order chi connectivity index (χ1) is 11.0. The van der Waals surface area contributed by atoms with Gasteiger partial charge in [0.15, 0.2) is 0 Å². The highest BCUT2D eigenvalue weighted by atomic mass is 16.2. The fourth-order valence-corrected chi connectivity index (χ4v) is 4.04. The maximum Gasteiger partial charge on any atom is 0.289 e. The number of hydrogen-bond donors (Lipinski definition) is 1. The molecule has 23 heavy (non-hydrogen) atoms. The summed E-state index contributed by atoms with van der Waals surface area (Å²) in [6.45, 7) is 10.7. The zero-order valence-electron chi connectivity index (χ0n) is 14.6. The summed E-state index contributed by atoms with van der Waals surface area (Å²) in [5.74, 6) is 1.35. The van der Waals surface area contributed by atoms with Crippen molar-refractivity contribution in [2.45, 2.75) is 65.5 Å². The van der Waals surface area contributed by atoms with Gasteiger partial charge in [0.2, 0.25) is 5.82 Å². The third kappa shape index (κ3) is 3.42. The third-order valence-electron chi connectivity index (χ3n) is 5.25. The quantitative estimate of drug-likeness (QED) is 0.920. The number of amides is 1. The molecule has 1 fully saturated rings. The molecule has 6 heteroatoms. The lowest BCUT2D eigenvalue weighted by atomic mass is 9.80. The monoisotopic (exact) mass is 319 g/mol. The van der Waals surface area contributed by atoms with Crippen molar-refractivity contribution in [2.24, 2.45) is 5.41 Å². The molecule has 3 heterocycles. The first-order valence-electron chi connectivity index (χ1n) is 8.98. The summed E-state index contributed by atoms with van der Waals surface area (Å²) in [7, 11) is 0. The minimum Gasteiger partial charge on any atom is -0.347 e. The molecule has 2 aliphatic heterocycles. The van der Waals surface area contributed by atoms with Crippen LogP contribution < -0.4 is 5.32 Å². The van der Waals surface area contributed by atoms with E-state index >= 15 is 0 Å². The molecule has 128 valence electrons. The van der Waals surface area contributed by atoms with Gasteiger partial charge in [0, 0.05) is 25.6 Å². The van der Waals surface area contributed by atoms with Gasteiger partial charge in [-0.05, 0) is 58.0 Å². The van der Waals surface area contributed by atoms with E-state index in [0.29, 0.717) is 11.2 Å². The lowest BCUT2D eigenvalue weighted by Gasteiger charge is -2.27. The maximum atomic E-state index is 12.3. The number of likely N-dealkylation sites (tertiary alicyclic amines) is 1. The molecule has 0 bridgehead atoms. The normalized spacial score (nSPS) is 24.9. The Labute approximate surface area is 138 Å². The number of fused-ring (bicyclic) bond motifs is 1. The van der Waals surface area contributed by atoms with Crippen LogP contribution in [-0.2, 0) is 13.0 Å². The highest BCUT2D eigenvalue weighted by molar-refractivity contribution is 5.90. The first-order valence-corrected chi connectivity index (χ1v) is 8.98. The number of carbonyl (C=O) groups excluding carboxylic acids is 1. The van der Waals surface area contributed by atoms with E-state index in [1.807, 2.05) is 13.8 Å². The van der Waals surface area contributed by atoms with Gasteiger partial charge in [-0.15, -0.1) is 10.2 Å². The van der Waals surface area contributed by atoms with Gasteiger partial charge in [-0.3, -0.25) is 4.79 Å². The van der Waals surface area contributed by atoms with Crippen LogP contribution in [0, 0.1) is 5.41 Å². The molecule has 0 aliphatic carbocycles. The summed E-state index contributed by atoms with van der Waals surface area (Å²) in [5.41, 5.74) is 0.404. The molecule has 2 aliphatic rings. The van der Waals surface area contributed by atoms with Crippen LogP contribution in [0.5, 0.6) is 0 Å². The van der Waals surface area contributed by atoms with Crippen molar-refractivity contribution in [3.63, 3.8) is 0 Å². The molecule has 3 rings (SSSR count). The molecule has 1 aromatic rings. The summed E-state index contributed by atoms with van der Waals surface area (Å²) in [5, 5.41) is 11.4. The summed E-state index contributed by atoms with van der Waals surface area (Å²) in [6, 6.07) is 0.116. The van der Waals surface area contributed by atoms with Crippen molar-refractivity contribution >= 4 is 5.91 Å². The number of nitrogens with one attached hydrogen (secondary N) is 1. The maximum absolute atomic E-state index is 12.3. The van der Waals surface area contributed by atoms with Crippen molar-refractivity contribution in [3.8, 4) is 0 Å². The summed E-state index contributed by atoms with van der Waals surface area (Å²) >= 11 is 0. The standard InChI is InChI=1S/C17H29N5O/c1-4-9-21-10-7-17(12-21)6-5-14-19-20-15(22(14)11-8-17)16(23)18-13(2)3/h13H,4-12H2,1-3H3,(H,18,23)/t17-/m1/s1. The smallest absolute Gasteiger partial charge is 0.289 e. The van der Waals surface area contributed by atoms with Gasteiger partial charge in [0.05, 0.1) is 0 Å². The Morgan fingerprint density at radius 1 is 1.26 bits per heavy atom. The van der Waals surface area contributed by atoms with Gasteiger partial charge in [-0.2, -0.15) is 0 Å². The van der Waals surface area contributed by atoms with Gasteiger partial charge < -0.3 is 14.8 Å². The highest BCUT2D eigenvalue weighted by Gasteiger charge is 2.39. The Bertz CT molecular complexity index is 567. The average Bonchev–Trinajstić information content (AvgIpc) is 3.03. The van der Waals surface area contributed by atoms with Crippen LogP contribution >= 0.6 is 0 Å². The summed E-state index contributed by atoms with van der Waals surface area (Å²) in [4.78, 5) is 14.9. The molecule has 0 aromatic carbocycles. The van der Waals surface area contributed by atoms with Crippen LogP contribution in [0.25, 0.3) is 0 Å². The molecular weight excluding hydrogens is 290 g/mol. The van der Waals surface area contributed by atoms with Crippen molar-refractivity contribution in [2.75, 3.05) is 19.6 Å². The zero-order chi connectivity index (χ0) is 16.4. The van der Waals surface area contributed by atoms with E-state index in [4.69, 9.17) is 0 Å². The van der Waals surface area contributed by atoms with E-state index in [-0.39, 0.29) is 11.9 Å². The Morgan fingerprint density at radius 3 is 2.78 bits per heavy atom. The SMILES string of the molecule is CCCN1CC[C@@]2(CCc3nnc(C(=O)NC(C)C)n3CC2)C1. The van der Waals surface area contributed by atoms with Gasteiger partial charge in [0.25, 0.3) is 5.91 Å². The molecule has 0 radical (unpaired) electrons. The first kappa shape index (κ1) is 16.4. The van der Waals surface area contributed by atoms with Gasteiger partial charge in [0.1, 0.15) is 5.82 Å². The van der Waals surface area contributed by atoms with Crippen molar-refractivity contribution in [1.82, 2.24) is 25.0 Å². The lowest BCUT2D eigenvalue weighted by molar-refractivity contribution is 0.0926. The second kappa shape index (κ2) is 6.59. The fraction of sp³-hybridized carbons (Fsp3) is 0.824. The number of hydrogen-bond acceptors (Lipinski definition) is 4. The van der Waals surface area contributed by atoms with Crippen LogP contribution in [0.15, 0.2) is 0 Å². The predicted octanol–water partition coefficient (Wildman–Crippen LogP) is 1.85.